The van der Waals surface area contributed by atoms with E-state index in [-0.39, 0.29) is 0 Å². The Morgan fingerprint density at radius 1 is 1.24 bits per heavy atom. The van der Waals surface area contributed by atoms with Crippen molar-refractivity contribution in [3.63, 3.8) is 0 Å². The third-order valence-corrected chi connectivity index (χ3v) is 5.84. The van der Waals surface area contributed by atoms with Gasteiger partial charge < -0.3 is 9.05 Å². The van der Waals surface area contributed by atoms with Crippen molar-refractivity contribution < 1.29 is 13.6 Å². The molecule has 1 atom stereocenters. The molecule has 0 aliphatic heterocycles. The molecular formula is C13H27O3P. The second-order valence-corrected chi connectivity index (χ2v) is 7.02. The van der Waals surface area contributed by atoms with Gasteiger partial charge in [0, 0.05) is 0 Å². The molecule has 0 bridgehead atoms. The smallest absolute Gasteiger partial charge is 0.308 e. The molecule has 0 saturated heterocycles. The monoisotopic (exact) mass is 262 g/mol. The molecular weight excluding hydrogens is 235 g/mol. The van der Waals surface area contributed by atoms with Crippen LogP contribution in [0.1, 0.15) is 53.4 Å². The van der Waals surface area contributed by atoms with Crippen LogP contribution in [0.2, 0.25) is 0 Å². The van der Waals surface area contributed by atoms with Gasteiger partial charge in [0.05, 0.1) is 18.4 Å². The maximum Gasteiger partial charge on any atom is 0.336 e. The van der Waals surface area contributed by atoms with E-state index in [9.17, 15) is 4.57 Å². The lowest BCUT2D eigenvalue weighted by atomic mass is 10.00. The maximum atomic E-state index is 12.8. The van der Waals surface area contributed by atoms with E-state index in [1.165, 1.54) is 0 Å². The van der Waals surface area contributed by atoms with Crippen LogP contribution in [-0.4, -0.2) is 18.4 Å². The van der Waals surface area contributed by atoms with E-state index in [0.717, 1.165) is 19.3 Å². The molecule has 0 amide bonds. The highest BCUT2D eigenvalue weighted by Gasteiger charge is 2.45. The van der Waals surface area contributed by atoms with Gasteiger partial charge in [-0.1, -0.05) is 25.8 Å². The fourth-order valence-corrected chi connectivity index (χ4v) is 4.07. The normalized spacial score (nSPS) is 15.5. The van der Waals surface area contributed by atoms with Crippen molar-refractivity contribution >= 4 is 7.60 Å². The largest absolute Gasteiger partial charge is 0.336 e. The maximum absolute atomic E-state index is 12.8. The summed E-state index contributed by atoms with van der Waals surface area (Å²) in [6, 6.07) is 0. The predicted molar refractivity (Wildman–Crippen MR) is 73.6 cm³/mol. The Labute approximate surface area is 106 Å². The minimum atomic E-state index is -3.06. The zero-order valence-electron chi connectivity index (χ0n) is 11.7. The van der Waals surface area contributed by atoms with Crippen LogP contribution in [0.3, 0.4) is 0 Å². The number of hydrogen-bond acceptors (Lipinski definition) is 3. The van der Waals surface area contributed by atoms with E-state index < -0.39 is 12.8 Å². The van der Waals surface area contributed by atoms with Gasteiger partial charge in [0.1, 0.15) is 0 Å². The molecule has 0 aromatic carbocycles. The summed E-state index contributed by atoms with van der Waals surface area (Å²) in [6.45, 7) is 12.4. The van der Waals surface area contributed by atoms with Gasteiger partial charge in [-0.05, 0) is 33.6 Å². The van der Waals surface area contributed by atoms with Crippen molar-refractivity contribution in [3.8, 4) is 0 Å². The van der Waals surface area contributed by atoms with Crippen molar-refractivity contribution in [3.05, 3.63) is 12.7 Å². The quantitative estimate of drug-likeness (QED) is 0.420. The Bertz CT molecular complexity index is 255. The minimum absolute atomic E-state index is 0.413. The predicted octanol–water partition coefficient (Wildman–Crippen LogP) is 4.78. The van der Waals surface area contributed by atoms with E-state index in [0.29, 0.717) is 19.6 Å². The topological polar surface area (TPSA) is 35.5 Å². The minimum Gasteiger partial charge on any atom is -0.308 e. The molecule has 0 aromatic heterocycles. The van der Waals surface area contributed by atoms with Crippen molar-refractivity contribution in [2.24, 2.45) is 0 Å². The molecule has 17 heavy (non-hydrogen) atoms. The van der Waals surface area contributed by atoms with Gasteiger partial charge in [-0.3, -0.25) is 4.57 Å². The Balaban J connectivity index is 5.05. The van der Waals surface area contributed by atoms with Crippen molar-refractivity contribution in [2.75, 3.05) is 13.2 Å². The molecule has 3 nitrogen and oxygen atoms in total. The number of allylic oxidation sites excluding steroid dienone is 1. The molecule has 1 unspecified atom stereocenters. The van der Waals surface area contributed by atoms with Gasteiger partial charge in [0.15, 0.2) is 0 Å². The summed E-state index contributed by atoms with van der Waals surface area (Å²) in [5.74, 6) is 0. The molecule has 0 fully saturated rings. The van der Waals surface area contributed by atoms with Crippen LogP contribution in [0.4, 0.5) is 0 Å². The standard InChI is InChI=1S/C13H27O3P/c1-6-10-12-13(5,11-7-2)17(14,15-8-3)16-9-4/h7H,2,6,8-12H2,1,3-5H3. The van der Waals surface area contributed by atoms with E-state index in [1.807, 2.05) is 20.8 Å². The lowest BCUT2D eigenvalue weighted by molar-refractivity contribution is 0.195. The first-order chi connectivity index (χ1) is 7.99. The SMILES string of the molecule is C=CCC(C)(CCCC)P(=O)(OCC)OCC. The third-order valence-electron chi connectivity index (χ3n) is 2.91. The van der Waals surface area contributed by atoms with E-state index >= 15 is 0 Å². The van der Waals surface area contributed by atoms with Gasteiger partial charge >= 0.3 is 7.60 Å². The van der Waals surface area contributed by atoms with Gasteiger partial charge in [0.25, 0.3) is 0 Å². The highest BCUT2D eigenvalue weighted by atomic mass is 31.2. The number of hydrogen-bond donors (Lipinski definition) is 0. The van der Waals surface area contributed by atoms with Crippen LogP contribution >= 0.6 is 7.60 Å². The highest BCUT2D eigenvalue weighted by molar-refractivity contribution is 7.55. The van der Waals surface area contributed by atoms with Crippen LogP contribution in [0.25, 0.3) is 0 Å². The van der Waals surface area contributed by atoms with Gasteiger partial charge in [-0.15, -0.1) is 6.58 Å². The second kappa shape index (κ2) is 8.07. The first kappa shape index (κ1) is 16.9. The van der Waals surface area contributed by atoms with Crippen molar-refractivity contribution in [1.29, 1.82) is 0 Å². The summed E-state index contributed by atoms with van der Waals surface area (Å²) < 4.78 is 23.8. The fraction of sp³-hybridized carbons (Fsp3) is 0.846. The molecule has 102 valence electrons. The van der Waals surface area contributed by atoms with Crippen LogP contribution in [-0.2, 0) is 13.6 Å². The molecule has 0 spiro atoms. The second-order valence-electron chi connectivity index (χ2n) is 4.43. The zero-order chi connectivity index (χ0) is 13.4. The summed E-state index contributed by atoms with van der Waals surface area (Å²) >= 11 is 0. The first-order valence-electron chi connectivity index (χ1n) is 6.49. The molecule has 4 heteroatoms. The number of rotatable bonds is 10. The average Bonchev–Trinajstić information content (AvgIpc) is 2.27. The summed E-state index contributed by atoms with van der Waals surface area (Å²) in [5.41, 5.74) is 0. The summed E-state index contributed by atoms with van der Waals surface area (Å²) in [5, 5.41) is -0.448. The van der Waals surface area contributed by atoms with Gasteiger partial charge in [-0.25, -0.2) is 0 Å². The molecule has 0 rings (SSSR count). The van der Waals surface area contributed by atoms with Crippen molar-refractivity contribution in [1.82, 2.24) is 0 Å². The first-order valence-corrected chi connectivity index (χ1v) is 8.04. The van der Waals surface area contributed by atoms with Crippen LogP contribution in [0.5, 0.6) is 0 Å². The number of unbranched alkanes of at least 4 members (excludes halogenated alkanes) is 1. The molecule has 0 aliphatic rings. The fourth-order valence-electron chi connectivity index (χ4n) is 1.91. The Hall–Kier alpha value is -0.110. The Morgan fingerprint density at radius 2 is 1.76 bits per heavy atom. The van der Waals surface area contributed by atoms with E-state index in [4.69, 9.17) is 9.05 Å². The van der Waals surface area contributed by atoms with Gasteiger partial charge in [0.2, 0.25) is 0 Å². The zero-order valence-corrected chi connectivity index (χ0v) is 12.6. The van der Waals surface area contributed by atoms with Crippen LogP contribution < -0.4 is 0 Å². The van der Waals surface area contributed by atoms with E-state index in [2.05, 4.69) is 13.5 Å². The van der Waals surface area contributed by atoms with Crippen LogP contribution in [0, 0.1) is 0 Å². The third kappa shape index (κ3) is 4.57. The van der Waals surface area contributed by atoms with E-state index in [1.54, 1.807) is 6.08 Å². The Morgan fingerprint density at radius 3 is 2.12 bits per heavy atom. The molecule has 0 radical (unpaired) electrons. The molecule has 0 aliphatic carbocycles. The molecule has 0 aromatic rings. The highest BCUT2D eigenvalue weighted by Crippen LogP contribution is 2.63. The summed E-state index contributed by atoms with van der Waals surface area (Å²) in [6.07, 6.45) is 5.40. The summed E-state index contributed by atoms with van der Waals surface area (Å²) in [4.78, 5) is 0. The summed E-state index contributed by atoms with van der Waals surface area (Å²) in [7, 11) is -3.06. The average molecular weight is 262 g/mol. The van der Waals surface area contributed by atoms with Crippen molar-refractivity contribution in [2.45, 2.75) is 58.5 Å². The van der Waals surface area contributed by atoms with Crippen LogP contribution in [0.15, 0.2) is 12.7 Å². The molecule has 0 saturated carbocycles. The lowest BCUT2D eigenvalue weighted by Crippen LogP contribution is -2.27. The van der Waals surface area contributed by atoms with Gasteiger partial charge in [-0.2, -0.15) is 0 Å². The molecule has 0 N–H and O–H groups in total. The Kier molecular flexibility index (Phi) is 8.02. The lowest BCUT2D eigenvalue weighted by Gasteiger charge is -2.35. The molecule has 0 heterocycles.